The van der Waals surface area contributed by atoms with Crippen molar-refractivity contribution in [3.05, 3.63) is 47.1 Å². The van der Waals surface area contributed by atoms with E-state index in [2.05, 4.69) is 42.3 Å². The molecule has 2 aromatic heterocycles. The van der Waals surface area contributed by atoms with Crippen LogP contribution in [0.15, 0.2) is 30.6 Å². The minimum absolute atomic E-state index is 0.165. The molecule has 3 aromatic rings. The van der Waals surface area contributed by atoms with Gasteiger partial charge >= 0.3 is 6.03 Å². The molecule has 12 heteroatoms. The van der Waals surface area contributed by atoms with Crippen molar-refractivity contribution in [2.75, 3.05) is 48.0 Å². The molecule has 0 saturated carbocycles. The van der Waals surface area contributed by atoms with Gasteiger partial charge in [0.15, 0.2) is 5.82 Å². The molecule has 0 spiro atoms. The topological polar surface area (TPSA) is 121 Å². The van der Waals surface area contributed by atoms with E-state index < -0.39 is 0 Å². The third-order valence-electron chi connectivity index (χ3n) is 6.23. The summed E-state index contributed by atoms with van der Waals surface area (Å²) in [6.07, 6.45) is 2.18. The van der Waals surface area contributed by atoms with Crippen LogP contribution in [0.25, 0.3) is 11.4 Å². The molecule has 1 unspecified atom stereocenters. The fraction of sp³-hybridized carbons (Fsp3) is 0.417. The summed E-state index contributed by atoms with van der Waals surface area (Å²) in [5, 5.41) is 5.71. The van der Waals surface area contributed by atoms with Crippen molar-refractivity contribution in [2.24, 2.45) is 0 Å². The lowest BCUT2D eigenvalue weighted by atomic mass is 10.0. The lowest BCUT2D eigenvalue weighted by molar-refractivity contribution is 0.0984. The molecule has 2 N–H and O–H groups in total. The molecule has 36 heavy (non-hydrogen) atoms. The molecule has 1 saturated heterocycles. The van der Waals surface area contributed by atoms with E-state index in [4.69, 9.17) is 26.3 Å². The maximum absolute atomic E-state index is 11.9. The first kappa shape index (κ1) is 24.1. The zero-order chi connectivity index (χ0) is 25.1. The lowest BCUT2D eigenvalue weighted by Gasteiger charge is -2.37. The van der Waals surface area contributed by atoms with Crippen molar-refractivity contribution in [3.8, 4) is 11.4 Å². The second-order valence-corrected chi connectivity index (χ2v) is 9.04. The first-order chi connectivity index (χ1) is 17.5. The Morgan fingerprint density at radius 2 is 2.00 bits per heavy atom. The van der Waals surface area contributed by atoms with Crippen LogP contribution in [0, 0.1) is 0 Å². The summed E-state index contributed by atoms with van der Waals surface area (Å²) in [6, 6.07) is 7.50. The number of rotatable bonds is 5. The van der Waals surface area contributed by atoms with Crippen LogP contribution in [0.5, 0.6) is 0 Å². The molecule has 5 rings (SSSR count). The number of amides is 2. The van der Waals surface area contributed by atoms with Crippen molar-refractivity contribution in [1.29, 1.82) is 0 Å². The summed E-state index contributed by atoms with van der Waals surface area (Å²) in [5.74, 6) is 2.11. The standard InChI is InChI=1S/C24H28ClN9O2/c1-3-26-24(35)29-17-6-4-16(5-7-17)20-30-19-12-33(23-28-14-27-22(25)32-23)9-8-18(19)21(31-20)34-10-11-36-13-15(34)2/h4-7,14-15H,3,8-13H2,1-2H3,(H2,26,29,35). The Morgan fingerprint density at radius 1 is 1.17 bits per heavy atom. The Balaban J connectivity index is 1.50. The molecular formula is C24H28ClN9O2. The summed E-state index contributed by atoms with van der Waals surface area (Å²) in [5.41, 5.74) is 3.63. The highest BCUT2D eigenvalue weighted by atomic mass is 35.5. The molecule has 1 aromatic carbocycles. The third-order valence-corrected chi connectivity index (χ3v) is 6.42. The maximum atomic E-state index is 11.9. The number of urea groups is 1. The van der Waals surface area contributed by atoms with Gasteiger partial charge in [0.05, 0.1) is 31.5 Å². The van der Waals surface area contributed by atoms with Gasteiger partial charge in [-0.1, -0.05) is 0 Å². The number of benzene rings is 1. The summed E-state index contributed by atoms with van der Waals surface area (Å²) in [6.45, 7) is 7.93. The van der Waals surface area contributed by atoms with Gasteiger partial charge < -0.3 is 25.2 Å². The Kier molecular flexibility index (Phi) is 7.10. The number of ether oxygens (including phenoxy) is 1. The summed E-state index contributed by atoms with van der Waals surface area (Å²) in [4.78, 5) is 38.7. The second-order valence-electron chi connectivity index (χ2n) is 8.70. The normalized spacial score (nSPS) is 17.5. The quantitative estimate of drug-likeness (QED) is 0.534. The number of fused-ring (bicyclic) bond motifs is 1. The zero-order valence-electron chi connectivity index (χ0n) is 20.2. The van der Waals surface area contributed by atoms with Gasteiger partial charge in [0.25, 0.3) is 0 Å². The second kappa shape index (κ2) is 10.6. The Morgan fingerprint density at radius 3 is 2.75 bits per heavy atom. The average molecular weight is 510 g/mol. The fourth-order valence-electron chi connectivity index (χ4n) is 4.45. The largest absolute Gasteiger partial charge is 0.377 e. The molecule has 0 radical (unpaired) electrons. The van der Waals surface area contributed by atoms with Gasteiger partial charge in [-0.05, 0) is 56.1 Å². The highest BCUT2D eigenvalue weighted by molar-refractivity contribution is 6.28. The van der Waals surface area contributed by atoms with E-state index in [-0.39, 0.29) is 17.4 Å². The summed E-state index contributed by atoms with van der Waals surface area (Å²) < 4.78 is 5.67. The van der Waals surface area contributed by atoms with Gasteiger partial charge in [0.2, 0.25) is 11.2 Å². The van der Waals surface area contributed by atoms with Crippen molar-refractivity contribution in [1.82, 2.24) is 30.2 Å². The molecule has 188 valence electrons. The van der Waals surface area contributed by atoms with E-state index in [1.165, 1.54) is 6.33 Å². The molecule has 11 nitrogen and oxygen atoms in total. The molecule has 2 aliphatic rings. The first-order valence-corrected chi connectivity index (χ1v) is 12.4. The number of nitrogens with zero attached hydrogens (tertiary/aromatic N) is 7. The number of morpholine rings is 1. The fourth-order valence-corrected chi connectivity index (χ4v) is 4.57. The number of carbonyl (C=O) groups is 1. The van der Waals surface area contributed by atoms with Crippen LogP contribution < -0.4 is 20.4 Å². The number of carbonyl (C=O) groups excluding carboxylic acids is 1. The van der Waals surface area contributed by atoms with Crippen LogP contribution in [-0.4, -0.2) is 69.8 Å². The maximum Gasteiger partial charge on any atom is 0.319 e. The van der Waals surface area contributed by atoms with Gasteiger partial charge in [-0.15, -0.1) is 0 Å². The molecule has 1 fully saturated rings. The Labute approximate surface area is 214 Å². The van der Waals surface area contributed by atoms with Gasteiger partial charge in [0, 0.05) is 36.4 Å². The SMILES string of the molecule is CCNC(=O)Nc1ccc(-c2nc3c(c(N4CCOCC4C)n2)CCN(c2ncnc(Cl)n2)C3)cc1. The molecule has 0 aliphatic carbocycles. The highest BCUT2D eigenvalue weighted by Crippen LogP contribution is 2.32. The molecule has 2 amide bonds. The average Bonchev–Trinajstić information content (AvgIpc) is 2.88. The van der Waals surface area contributed by atoms with Crippen molar-refractivity contribution in [3.63, 3.8) is 0 Å². The van der Waals surface area contributed by atoms with Gasteiger partial charge in [-0.2, -0.15) is 4.98 Å². The smallest absolute Gasteiger partial charge is 0.319 e. The van der Waals surface area contributed by atoms with Crippen molar-refractivity contribution >= 4 is 35.1 Å². The van der Waals surface area contributed by atoms with Crippen LogP contribution in [0.1, 0.15) is 25.1 Å². The van der Waals surface area contributed by atoms with E-state index in [0.717, 1.165) is 42.1 Å². The molecular weight excluding hydrogens is 482 g/mol. The summed E-state index contributed by atoms with van der Waals surface area (Å²) >= 11 is 6.01. The number of nitrogens with one attached hydrogen (secondary N) is 2. The van der Waals surface area contributed by atoms with Gasteiger partial charge in [-0.25, -0.2) is 24.7 Å². The molecule has 0 bridgehead atoms. The van der Waals surface area contributed by atoms with Gasteiger partial charge in [-0.3, -0.25) is 0 Å². The monoisotopic (exact) mass is 509 g/mol. The van der Waals surface area contributed by atoms with E-state index in [9.17, 15) is 4.79 Å². The predicted molar refractivity (Wildman–Crippen MR) is 137 cm³/mol. The number of halogens is 1. The van der Waals surface area contributed by atoms with Crippen LogP contribution in [0.2, 0.25) is 5.28 Å². The molecule has 1 atom stereocenters. The minimum atomic E-state index is -0.239. The van der Waals surface area contributed by atoms with Gasteiger partial charge in [0.1, 0.15) is 12.1 Å². The summed E-state index contributed by atoms with van der Waals surface area (Å²) in [7, 11) is 0. The molecule has 2 aliphatic heterocycles. The first-order valence-electron chi connectivity index (χ1n) is 12.0. The van der Waals surface area contributed by atoms with E-state index in [0.29, 0.717) is 43.8 Å². The van der Waals surface area contributed by atoms with Crippen LogP contribution in [0.4, 0.5) is 22.2 Å². The Hall–Kier alpha value is -3.57. The number of anilines is 3. The van der Waals surface area contributed by atoms with E-state index in [1.807, 2.05) is 31.2 Å². The van der Waals surface area contributed by atoms with Crippen LogP contribution in [-0.2, 0) is 17.7 Å². The van der Waals surface area contributed by atoms with Crippen molar-refractivity contribution in [2.45, 2.75) is 32.9 Å². The van der Waals surface area contributed by atoms with Crippen LogP contribution in [0.3, 0.4) is 0 Å². The number of hydrogen-bond donors (Lipinski definition) is 2. The van der Waals surface area contributed by atoms with E-state index in [1.54, 1.807) is 0 Å². The Bertz CT molecular complexity index is 1240. The van der Waals surface area contributed by atoms with Crippen LogP contribution >= 0.6 is 11.6 Å². The molecule has 4 heterocycles. The number of hydrogen-bond acceptors (Lipinski definition) is 9. The zero-order valence-corrected chi connectivity index (χ0v) is 21.0. The lowest BCUT2D eigenvalue weighted by Crippen LogP contribution is -2.45. The third kappa shape index (κ3) is 5.17. The highest BCUT2D eigenvalue weighted by Gasteiger charge is 2.29. The predicted octanol–water partition coefficient (Wildman–Crippen LogP) is 2.91. The van der Waals surface area contributed by atoms with Crippen molar-refractivity contribution < 1.29 is 9.53 Å². The van der Waals surface area contributed by atoms with E-state index >= 15 is 0 Å². The minimum Gasteiger partial charge on any atom is -0.377 e. The number of aromatic nitrogens is 5.